The predicted molar refractivity (Wildman–Crippen MR) is 75.7 cm³/mol. The van der Waals surface area contributed by atoms with E-state index in [9.17, 15) is 0 Å². The maximum absolute atomic E-state index is 4.32. The van der Waals surface area contributed by atoms with Crippen LogP contribution >= 0.6 is 12.4 Å². The number of halogens is 1. The summed E-state index contributed by atoms with van der Waals surface area (Å²) in [4.78, 5) is 0. The quantitative estimate of drug-likeness (QED) is 0.724. The molecule has 0 bridgehead atoms. The Labute approximate surface area is 111 Å². The lowest BCUT2D eigenvalue weighted by Crippen LogP contribution is -2.18. The van der Waals surface area contributed by atoms with Crippen LogP contribution in [0.25, 0.3) is 0 Å². The van der Waals surface area contributed by atoms with Crippen molar-refractivity contribution >= 4 is 12.4 Å². The second-order valence-electron chi connectivity index (χ2n) is 4.60. The maximum atomic E-state index is 4.32. The molecule has 0 spiro atoms. The maximum Gasteiger partial charge on any atom is 0.0525 e. The van der Waals surface area contributed by atoms with E-state index in [1.165, 1.54) is 31.4 Å². The van der Waals surface area contributed by atoms with Crippen molar-refractivity contribution in [3.8, 4) is 0 Å². The topological polar surface area (TPSA) is 29.9 Å². The van der Waals surface area contributed by atoms with E-state index >= 15 is 0 Å². The Morgan fingerprint density at radius 1 is 1.29 bits per heavy atom. The van der Waals surface area contributed by atoms with Crippen LogP contribution in [-0.2, 0) is 6.54 Å². The molecular formula is C13H26ClN3. The van der Waals surface area contributed by atoms with Gasteiger partial charge in [0.25, 0.3) is 0 Å². The Kier molecular flexibility index (Phi) is 9.18. The largest absolute Gasteiger partial charge is 0.311 e. The fourth-order valence-corrected chi connectivity index (χ4v) is 1.84. The third-order valence-corrected chi connectivity index (χ3v) is 2.75. The van der Waals surface area contributed by atoms with E-state index in [4.69, 9.17) is 0 Å². The highest BCUT2D eigenvalue weighted by Crippen LogP contribution is 2.07. The minimum absolute atomic E-state index is 0. The van der Waals surface area contributed by atoms with Gasteiger partial charge in [-0.25, -0.2) is 0 Å². The van der Waals surface area contributed by atoms with Crippen molar-refractivity contribution in [2.45, 2.75) is 59.0 Å². The molecule has 0 saturated heterocycles. The molecule has 0 atom stereocenters. The number of nitrogens with zero attached hydrogens (tertiary/aromatic N) is 2. The lowest BCUT2D eigenvalue weighted by atomic mass is 10.2. The molecule has 0 unspecified atom stereocenters. The predicted octanol–water partition coefficient (Wildman–Crippen LogP) is 3.56. The number of nitrogens with one attached hydrogen (secondary N) is 1. The van der Waals surface area contributed by atoms with Crippen molar-refractivity contribution in [3.63, 3.8) is 0 Å². The molecule has 0 aliphatic heterocycles. The SMILES string of the molecule is CCCCCCNCc1ccnn1C(C)C.Cl. The minimum atomic E-state index is 0. The summed E-state index contributed by atoms with van der Waals surface area (Å²) in [6.07, 6.45) is 7.16. The summed E-state index contributed by atoms with van der Waals surface area (Å²) in [6.45, 7) is 8.62. The zero-order valence-corrected chi connectivity index (χ0v) is 12.1. The van der Waals surface area contributed by atoms with E-state index in [0.717, 1.165) is 13.1 Å². The molecule has 0 saturated carbocycles. The highest BCUT2D eigenvalue weighted by atomic mass is 35.5. The molecule has 1 rings (SSSR count). The van der Waals surface area contributed by atoms with E-state index in [2.05, 4.69) is 41.9 Å². The van der Waals surface area contributed by atoms with Gasteiger partial charge in [-0.05, 0) is 32.9 Å². The summed E-state index contributed by atoms with van der Waals surface area (Å²) in [6, 6.07) is 2.55. The summed E-state index contributed by atoms with van der Waals surface area (Å²) in [5.41, 5.74) is 1.28. The van der Waals surface area contributed by atoms with Crippen LogP contribution in [0.3, 0.4) is 0 Å². The molecule has 0 radical (unpaired) electrons. The molecule has 0 aliphatic rings. The van der Waals surface area contributed by atoms with Gasteiger partial charge in [-0.15, -0.1) is 12.4 Å². The molecule has 4 heteroatoms. The lowest BCUT2D eigenvalue weighted by Gasteiger charge is -2.11. The first kappa shape index (κ1) is 16.5. The third-order valence-electron chi connectivity index (χ3n) is 2.75. The van der Waals surface area contributed by atoms with Crippen LogP contribution in [0.5, 0.6) is 0 Å². The Bertz CT molecular complexity index is 284. The Hall–Kier alpha value is -0.540. The Balaban J connectivity index is 0.00000256. The van der Waals surface area contributed by atoms with Crippen LogP contribution in [0.4, 0.5) is 0 Å². The van der Waals surface area contributed by atoms with E-state index in [1.807, 2.05) is 6.20 Å². The number of hydrogen-bond acceptors (Lipinski definition) is 2. The van der Waals surface area contributed by atoms with Crippen molar-refractivity contribution in [3.05, 3.63) is 18.0 Å². The van der Waals surface area contributed by atoms with Crippen LogP contribution < -0.4 is 5.32 Å². The summed E-state index contributed by atoms with van der Waals surface area (Å²) < 4.78 is 2.08. The zero-order valence-electron chi connectivity index (χ0n) is 11.3. The van der Waals surface area contributed by atoms with Gasteiger partial charge in [-0.1, -0.05) is 26.2 Å². The van der Waals surface area contributed by atoms with Crippen LogP contribution in [0.1, 0.15) is 58.2 Å². The Morgan fingerprint density at radius 2 is 2.06 bits per heavy atom. The normalized spacial score (nSPS) is 10.6. The molecule has 100 valence electrons. The van der Waals surface area contributed by atoms with E-state index in [-0.39, 0.29) is 12.4 Å². The zero-order chi connectivity index (χ0) is 11.8. The van der Waals surface area contributed by atoms with Crippen LogP contribution in [0.2, 0.25) is 0 Å². The minimum Gasteiger partial charge on any atom is -0.311 e. The molecule has 0 amide bonds. The summed E-state index contributed by atoms with van der Waals surface area (Å²) in [7, 11) is 0. The summed E-state index contributed by atoms with van der Waals surface area (Å²) in [5, 5.41) is 7.80. The van der Waals surface area contributed by atoms with Crippen molar-refractivity contribution in [1.29, 1.82) is 0 Å². The lowest BCUT2D eigenvalue weighted by molar-refractivity contribution is 0.491. The van der Waals surface area contributed by atoms with E-state index < -0.39 is 0 Å². The molecule has 0 fully saturated rings. The van der Waals surface area contributed by atoms with Gasteiger partial charge in [0, 0.05) is 18.8 Å². The van der Waals surface area contributed by atoms with Crippen LogP contribution in [-0.4, -0.2) is 16.3 Å². The first-order valence-corrected chi connectivity index (χ1v) is 6.48. The number of hydrogen-bond donors (Lipinski definition) is 1. The fraction of sp³-hybridized carbons (Fsp3) is 0.769. The fourth-order valence-electron chi connectivity index (χ4n) is 1.84. The van der Waals surface area contributed by atoms with Gasteiger partial charge in [0.15, 0.2) is 0 Å². The molecule has 17 heavy (non-hydrogen) atoms. The standard InChI is InChI=1S/C13H25N3.ClH/c1-4-5-6-7-9-14-11-13-8-10-15-16(13)12(2)3;/h8,10,12,14H,4-7,9,11H2,1-3H3;1H. The molecule has 0 aliphatic carbocycles. The molecular weight excluding hydrogens is 234 g/mol. The van der Waals surface area contributed by atoms with Gasteiger partial charge in [0.1, 0.15) is 0 Å². The van der Waals surface area contributed by atoms with Crippen LogP contribution in [0, 0.1) is 0 Å². The molecule has 3 nitrogen and oxygen atoms in total. The molecule has 0 aromatic carbocycles. The van der Waals surface area contributed by atoms with Gasteiger partial charge in [0.05, 0.1) is 5.69 Å². The first-order chi connectivity index (χ1) is 7.75. The number of rotatable bonds is 8. The Morgan fingerprint density at radius 3 is 2.71 bits per heavy atom. The number of aromatic nitrogens is 2. The van der Waals surface area contributed by atoms with Crippen molar-refractivity contribution in [2.24, 2.45) is 0 Å². The van der Waals surface area contributed by atoms with Gasteiger partial charge in [-0.3, -0.25) is 4.68 Å². The van der Waals surface area contributed by atoms with Gasteiger partial charge in [0.2, 0.25) is 0 Å². The van der Waals surface area contributed by atoms with Crippen molar-refractivity contribution in [1.82, 2.24) is 15.1 Å². The molecule has 1 aromatic heterocycles. The first-order valence-electron chi connectivity index (χ1n) is 6.48. The van der Waals surface area contributed by atoms with Crippen molar-refractivity contribution in [2.75, 3.05) is 6.54 Å². The third kappa shape index (κ3) is 6.08. The van der Waals surface area contributed by atoms with Crippen LogP contribution in [0.15, 0.2) is 12.3 Å². The van der Waals surface area contributed by atoms with Crippen molar-refractivity contribution < 1.29 is 0 Å². The van der Waals surface area contributed by atoms with E-state index in [1.54, 1.807) is 0 Å². The van der Waals surface area contributed by atoms with Gasteiger partial charge < -0.3 is 5.32 Å². The second-order valence-corrected chi connectivity index (χ2v) is 4.60. The average molecular weight is 260 g/mol. The monoisotopic (exact) mass is 259 g/mol. The highest BCUT2D eigenvalue weighted by Gasteiger charge is 2.04. The molecule has 1 aromatic rings. The summed E-state index contributed by atoms with van der Waals surface area (Å²) >= 11 is 0. The molecule has 1 heterocycles. The van der Waals surface area contributed by atoms with Gasteiger partial charge in [-0.2, -0.15) is 5.10 Å². The van der Waals surface area contributed by atoms with Gasteiger partial charge >= 0.3 is 0 Å². The molecule has 1 N–H and O–H groups in total. The van der Waals surface area contributed by atoms with E-state index in [0.29, 0.717) is 6.04 Å². The average Bonchev–Trinajstić information content (AvgIpc) is 2.71. The summed E-state index contributed by atoms with van der Waals surface area (Å²) in [5.74, 6) is 0. The highest BCUT2D eigenvalue weighted by molar-refractivity contribution is 5.85. The second kappa shape index (κ2) is 9.49. The number of unbranched alkanes of at least 4 members (excludes halogenated alkanes) is 3. The smallest absolute Gasteiger partial charge is 0.0525 e.